The number of anilines is 6. The largest absolute Gasteiger partial charge is 0.457 e. The molecule has 1 heterocycles. The molecule has 0 N–H and O–H groups in total. The lowest BCUT2D eigenvalue weighted by Crippen LogP contribution is -2.28. The summed E-state index contributed by atoms with van der Waals surface area (Å²) in [7, 11) is 0. The smallest absolute Gasteiger partial charge is 0.127 e. The maximum Gasteiger partial charge on any atom is 0.127 e. The van der Waals surface area contributed by atoms with Crippen LogP contribution >= 0.6 is 11.3 Å². The van der Waals surface area contributed by atoms with E-state index in [9.17, 15) is 8.78 Å². The van der Waals surface area contributed by atoms with E-state index in [1.165, 1.54) is 24.3 Å². The van der Waals surface area contributed by atoms with E-state index in [2.05, 4.69) is 253 Å². The average molecular weight is 1610 g/mol. The Labute approximate surface area is 715 Å². The van der Waals surface area contributed by atoms with E-state index in [0.717, 1.165) is 177 Å². The minimum atomic E-state index is -0.926. The van der Waals surface area contributed by atoms with E-state index in [4.69, 9.17) is 9.47 Å². The summed E-state index contributed by atoms with van der Waals surface area (Å²) in [6.45, 7) is 7.87. The van der Waals surface area contributed by atoms with Crippen molar-refractivity contribution in [3.63, 3.8) is 0 Å². The molecule has 0 spiro atoms. The first-order valence-electron chi connectivity index (χ1n) is 40.9. The van der Waals surface area contributed by atoms with Crippen LogP contribution in [0.1, 0.15) is 55.6 Å². The van der Waals surface area contributed by atoms with Gasteiger partial charge in [0.1, 0.15) is 46.3 Å². The molecule has 0 fully saturated rings. The minimum absolute atomic E-state index is 0.284. The van der Waals surface area contributed by atoms with E-state index in [1.807, 2.05) is 146 Å². The number of ether oxygens (including phenoxy) is 2. The zero-order valence-electron chi connectivity index (χ0n) is 66.5. The second-order valence-electron chi connectivity index (χ2n) is 31.3. The Morgan fingerprint density at radius 3 is 0.854 bits per heavy atom. The third-order valence-electron chi connectivity index (χ3n) is 24.4. The van der Waals surface area contributed by atoms with Crippen molar-refractivity contribution in [3.8, 4) is 89.8 Å². The van der Waals surface area contributed by atoms with E-state index in [0.29, 0.717) is 23.0 Å². The molecule has 0 radical (unpaired) electrons. The van der Waals surface area contributed by atoms with Gasteiger partial charge in [-0.15, -0.1) is 11.3 Å². The number of halogens is 4. The Balaban J connectivity index is 0.715. The summed E-state index contributed by atoms with van der Waals surface area (Å²) in [5, 5.41) is 2.20. The molecule has 0 amide bonds. The fourth-order valence-corrected chi connectivity index (χ4v) is 19.7. The topological polar surface area (TPSA) is 24.9 Å². The summed E-state index contributed by atoms with van der Waals surface area (Å²) < 4.78 is 74.7. The van der Waals surface area contributed by atoms with Gasteiger partial charge in [-0.2, -0.15) is 0 Å². The Hall–Kier alpha value is -15.4. The Bertz CT molecular complexity index is 6840. The zero-order valence-corrected chi connectivity index (χ0v) is 67.3. The first-order chi connectivity index (χ1) is 60.4. The Morgan fingerprint density at radius 1 is 0.236 bits per heavy atom. The average Bonchev–Trinajstić information content (AvgIpc) is 1.58. The van der Waals surface area contributed by atoms with Crippen LogP contribution < -0.4 is 19.3 Å². The molecule has 9 heteroatoms. The van der Waals surface area contributed by atoms with Crippen molar-refractivity contribution in [2.45, 2.75) is 10.8 Å². The highest BCUT2D eigenvalue weighted by Crippen LogP contribution is 2.60. The van der Waals surface area contributed by atoms with E-state index in [1.54, 1.807) is 35.6 Å². The third-order valence-corrected chi connectivity index (χ3v) is 25.5. The molecule has 19 aromatic rings. The van der Waals surface area contributed by atoms with E-state index < -0.39 is 10.8 Å². The number of hydrogen-bond donors (Lipinski definition) is 0. The summed E-state index contributed by atoms with van der Waals surface area (Å²) >= 11 is 1.74. The Morgan fingerprint density at radius 2 is 0.512 bits per heavy atom. The van der Waals surface area contributed by atoms with Crippen molar-refractivity contribution in [1.82, 2.24) is 0 Å². The molecule has 586 valence electrons. The van der Waals surface area contributed by atoms with Crippen molar-refractivity contribution in [2.75, 3.05) is 9.80 Å². The van der Waals surface area contributed by atoms with Gasteiger partial charge in [0.2, 0.25) is 0 Å². The molecule has 0 bridgehead atoms. The van der Waals surface area contributed by atoms with Gasteiger partial charge >= 0.3 is 0 Å². The van der Waals surface area contributed by atoms with Crippen LogP contribution in [0.3, 0.4) is 0 Å². The van der Waals surface area contributed by atoms with Crippen LogP contribution in [0.2, 0.25) is 0 Å². The molecule has 21 rings (SSSR count). The molecule has 0 saturated carbocycles. The molecule has 2 unspecified atom stereocenters. The van der Waals surface area contributed by atoms with Gasteiger partial charge in [-0.1, -0.05) is 256 Å². The lowest BCUT2D eigenvalue weighted by molar-refractivity contribution is 0.482. The zero-order chi connectivity index (χ0) is 82.9. The third kappa shape index (κ3) is 13.4. The van der Waals surface area contributed by atoms with Crippen molar-refractivity contribution in [1.29, 1.82) is 0 Å². The molecule has 2 atom stereocenters. The van der Waals surface area contributed by atoms with Gasteiger partial charge in [0.05, 0.1) is 10.8 Å². The van der Waals surface area contributed by atoms with Crippen LogP contribution in [-0.2, 0) is 10.8 Å². The molecule has 0 saturated heterocycles. The standard InChI is InChI=1S/C114H74F4N2O2S/c1-3-73-19-55-97(56-20-73)121-99-59-35-85(36-60-99)113(83-31-43-89(117)44-32-83)107-17-7-5-15-101(107)103-63-51-93(69-109(103)113)119(91-47-27-77(28-48-91)81-13-9-11-79(67-81)75-23-39-87(115)40-24-75)95-53-65-105-106-66-54-96(72-112(106)123-111(105)71-95)120(92-49-29-78(30-50-92)82-14-10-12-80(68-82)76-25-41-88(116)42-26-76)94-52-64-104-102-16-6-8-18-108(102)114(110(104)70-94,84-33-45-90(118)46-34-84)86-37-61-100(62-38-86)122-98-57-21-74(4-2)22-58-98/h3-72H,1-2H2. The van der Waals surface area contributed by atoms with Gasteiger partial charge in [-0.25, -0.2) is 17.6 Å². The first-order valence-corrected chi connectivity index (χ1v) is 41.7. The van der Waals surface area contributed by atoms with E-state index in [-0.39, 0.29) is 23.3 Å². The summed E-state index contributed by atoms with van der Waals surface area (Å²) in [6, 6.07) is 138. The summed E-state index contributed by atoms with van der Waals surface area (Å²) in [5.41, 5.74) is 25.8. The normalized spacial score (nSPS) is 14.1. The minimum Gasteiger partial charge on any atom is -0.457 e. The predicted molar refractivity (Wildman–Crippen MR) is 498 cm³/mol. The van der Waals surface area contributed by atoms with Gasteiger partial charge < -0.3 is 19.3 Å². The Kier molecular flexibility index (Phi) is 19.0. The molecule has 4 nitrogen and oxygen atoms in total. The molecular formula is C114H74F4N2O2S. The van der Waals surface area contributed by atoms with Crippen LogP contribution in [0.4, 0.5) is 51.7 Å². The number of rotatable bonds is 20. The predicted octanol–water partition coefficient (Wildman–Crippen LogP) is 31.8. The van der Waals surface area contributed by atoms with Gasteiger partial charge in [0.15, 0.2) is 0 Å². The second-order valence-corrected chi connectivity index (χ2v) is 32.4. The number of thiophene rings is 1. The maximum absolute atomic E-state index is 15.5. The molecular weight excluding hydrogens is 1540 g/mol. The summed E-state index contributed by atoms with van der Waals surface area (Å²) in [6.07, 6.45) is 3.62. The highest BCUT2D eigenvalue weighted by atomic mass is 32.1. The molecule has 1 aromatic heterocycles. The van der Waals surface area contributed by atoms with Crippen molar-refractivity contribution in [2.24, 2.45) is 0 Å². The lowest BCUT2D eigenvalue weighted by Gasteiger charge is -2.35. The molecule has 0 aliphatic heterocycles. The fourth-order valence-electron chi connectivity index (χ4n) is 18.5. The summed E-state index contributed by atoms with van der Waals surface area (Å²) in [5.74, 6) is 1.52. The fraction of sp³-hybridized carbons (Fsp3) is 0.0175. The number of hydrogen-bond acceptors (Lipinski definition) is 5. The van der Waals surface area contributed by atoms with Gasteiger partial charge in [0, 0.05) is 54.3 Å². The quantitative estimate of drug-likeness (QED) is 0.0710. The number of benzene rings is 18. The maximum atomic E-state index is 15.5. The van der Waals surface area contributed by atoms with Crippen molar-refractivity contribution >= 4 is 77.8 Å². The highest BCUT2D eigenvalue weighted by Gasteiger charge is 2.48. The SMILES string of the molecule is C=Cc1ccc(Oc2ccc(C3(c4ccc(F)cc4)c4ccccc4-c4ccc(N(c5ccc(-c6cccc(-c7ccc(F)cc7)c6)cc5)c5ccc6c(c5)sc5cc(N(c7ccc(-c8cccc(-c9ccc(F)cc9)c8)cc7)c7ccc8c(c7)C(c7ccc(F)cc7)(c7ccc(Oc9ccc(C=C)cc9)cc7)c7ccccc7-8)ccc56)cc43)cc2)cc1. The van der Waals surface area contributed by atoms with Crippen molar-refractivity contribution < 1.29 is 27.0 Å². The molecule has 123 heavy (non-hydrogen) atoms. The number of fused-ring (bicyclic) bond motifs is 9. The van der Waals surface area contributed by atoms with Crippen LogP contribution in [0, 0.1) is 23.3 Å². The molecule has 2 aliphatic carbocycles. The lowest BCUT2D eigenvalue weighted by atomic mass is 9.67. The number of nitrogens with zero attached hydrogens (tertiary/aromatic N) is 2. The second kappa shape index (κ2) is 31.1. The highest BCUT2D eigenvalue weighted by molar-refractivity contribution is 7.25. The van der Waals surface area contributed by atoms with Crippen LogP contribution in [-0.4, -0.2) is 0 Å². The van der Waals surface area contributed by atoms with Gasteiger partial charge in [-0.05, 0) is 304 Å². The van der Waals surface area contributed by atoms with Crippen LogP contribution in [0.25, 0.3) is 99.1 Å². The summed E-state index contributed by atoms with van der Waals surface area (Å²) in [4.78, 5) is 4.69. The first kappa shape index (κ1) is 75.1. The van der Waals surface area contributed by atoms with Crippen LogP contribution in [0.5, 0.6) is 23.0 Å². The van der Waals surface area contributed by atoms with E-state index >= 15 is 8.78 Å². The molecule has 2 aliphatic rings. The molecule has 18 aromatic carbocycles. The van der Waals surface area contributed by atoms with Crippen molar-refractivity contribution in [3.05, 3.63) is 505 Å². The van der Waals surface area contributed by atoms with Crippen LogP contribution in [0.15, 0.2) is 426 Å². The van der Waals surface area contributed by atoms with Gasteiger partial charge in [-0.3, -0.25) is 0 Å². The van der Waals surface area contributed by atoms with Gasteiger partial charge in [0.25, 0.3) is 0 Å². The monoisotopic (exact) mass is 1610 g/mol.